The van der Waals surface area contributed by atoms with Crippen molar-refractivity contribution in [1.82, 2.24) is 0 Å². The molecule has 0 saturated carbocycles. The van der Waals surface area contributed by atoms with Crippen molar-refractivity contribution in [3.63, 3.8) is 0 Å². The van der Waals surface area contributed by atoms with Crippen molar-refractivity contribution >= 4 is 11.7 Å². The summed E-state index contributed by atoms with van der Waals surface area (Å²) >= 11 is 0. The molecule has 0 heterocycles. The second kappa shape index (κ2) is 5.54. The summed E-state index contributed by atoms with van der Waals surface area (Å²) in [6, 6.07) is 5.81. The van der Waals surface area contributed by atoms with Gasteiger partial charge in [-0.3, -0.25) is 0 Å². The minimum Gasteiger partial charge on any atom is -0.467 e. The molecule has 0 aliphatic rings. The lowest BCUT2D eigenvalue weighted by atomic mass is 10.1. The van der Waals surface area contributed by atoms with Crippen LogP contribution in [0.3, 0.4) is 0 Å². The third-order valence-corrected chi connectivity index (χ3v) is 2.66. The van der Waals surface area contributed by atoms with Crippen LogP contribution < -0.4 is 5.32 Å². The Morgan fingerprint density at radius 2 is 2.19 bits per heavy atom. The number of nitrogens with one attached hydrogen (secondary N) is 1. The van der Waals surface area contributed by atoms with E-state index in [9.17, 15) is 4.79 Å². The van der Waals surface area contributed by atoms with Gasteiger partial charge in [0, 0.05) is 5.69 Å². The van der Waals surface area contributed by atoms with Crippen LogP contribution in [0.25, 0.3) is 0 Å². The highest BCUT2D eigenvalue weighted by molar-refractivity contribution is 5.79. The second-order valence-corrected chi connectivity index (χ2v) is 3.85. The van der Waals surface area contributed by atoms with Crippen LogP contribution in [-0.2, 0) is 16.0 Å². The number of carbonyl (C=O) groups is 1. The van der Waals surface area contributed by atoms with E-state index in [1.54, 1.807) is 6.92 Å². The Kier molecular flexibility index (Phi) is 4.35. The van der Waals surface area contributed by atoms with E-state index >= 15 is 0 Å². The molecule has 0 amide bonds. The van der Waals surface area contributed by atoms with Gasteiger partial charge >= 0.3 is 5.97 Å². The van der Waals surface area contributed by atoms with Gasteiger partial charge in [0.1, 0.15) is 6.04 Å². The molecule has 0 saturated heterocycles. The van der Waals surface area contributed by atoms with Crippen LogP contribution >= 0.6 is 0 Å². The SMILES string of the molecule is CCc1cccc(C)c1N[C@H](C)C(=O)OC. The van der Waals surface area contributed by atoms with Crippen molar-refractivity contribution < 1.29 is 9.53 Å². The molecule has 3 heteroatoms. The molecule has 1 aromatic carbocycles. The van der Waals surface area contributed by atoms with Crippen molar-refractivity contribution in [2.45, 2.75) is 33.2 Å². The van der Waals surface area contributed by atoms with E-state index in [0.717, 1.165) is 17.7 Å². The van der Waals surface area contributed by atoms with Crippen molar-refractivity contribution in [2.75, 3.05) is 12.4 Å². The van der Waals surface area contributed by atoms with E-state index in [-0.39, 0.29) is 12.0 Å². The number of anilines is 1. The predicted molar refractivity (Wildman–Crippen MR) is 65.7 cm³/mol. The maximum atomic E-state index is 11.3. The molecule has 1 rings (SSSR count). The number of carbonyl (C=O) groups excluding carboxylic acids is 1. The van der Waals surface area contributed by atoms with Crippen LogP contribution in [0, 0.1) is 6.92 Å². The van der Waals surface area contributed by atoms with Crippen LogP contribution in [0.1, 0.15) is 25.0 Å². The number of hydrogen-bond acceptors (Lipinski definition) is 3. The van der Waals surface area contributed by atoms with Crippen LogP contribution in [0.5, 0.6) is 0 Å². The molecular formula is C13H19NO2. The fourth-order valence-electron chi connectivity index (χ4n) is 1.68. The summed E-state index contributed by atoms with van der Waals surface area (Å²) in [5, 5.41) is 3.21. The number of ether oxygens (including phenoxy) is 1. The zero-order valence-corrected chi connectivity index (χ0v) is 10.3. The van der Waals surface area contributed by atoms with E-state index in [1.165, 1.54) is 12.7 Å². The number of para-hydroxylation sites is 1. The molecule has 88 valence electrons. The standard InChI is InChI=1S/C13H19NO2/c1-5-11-8-6-7-9(2)12(11)14-10(3)13(15)16-4/h6-8,10,14H,5H2,1-4H3/t10-/m1/s1. The Morgan fingerprint density at radius 1 is 1.50 bits per heavy atom. The molecule has 1 aromatic rings. The monoisotopic (exact) mass is 221 g/mol. The van der Waals surface area contributed by atoms with E-state index < -0.39 is 0 Å². The van der Waals surface area contributed by atoms with Crippen molar-refractivity contribution in [1.29, 1.82) is 0 Å². The summed E-state index contributed by atoms with van der Waals surface area (Å²) in [6.07, 6.45) is 0.942. The molecule has 0 aromatic heterocycles. The fraction of sp³-hybridized carbons (Fsp3) is 0.462. The molecule has 0 aliphatic carbocycles. The van der Waals surface area contributed by atoms with E-state index in [0.29, 0.717) is 0 Å². The maximum absolute atomic E-state index is 11.3. The Balaban J connectivity index is 2.91. The van der Waals surface area contributed by atoms with Gasteiger partial charge in [-0.1, -0.05) is 25.1 Å². The van der Waals surface area contributed by atoms with Gasteiger partial charge in [0.2, 0.25) is 0 Å². The zero-order chi connectivity index (χ0) is 12.1. The van der Waals surface area contributed by atoms with Crippen molar-refractivity contribution in [3.8, 4) is 0 Å². The number of benzene rings is 1. The third kappa shape index (κ3) is 2.75. The van der Waals surface area contributed by atoms with Gasteiger partial charge < -0.3 is 10.1 Å². The Bertz CT molecular complexity index is 374. The Morgan fingerprint density at radius 3 is 2.75 bits per heavy atom. The maximum Gasteiger partial charge on any atom is 0.327 e. The average Bonchev–Trinajstić information content (AvgIpc) is 2.30. The van der Waals surface area contributed by atoms with Crippen LogP contribution in [-0.4, -0.2) is 19.1 Å². The van der Waals surface area contributed by atoms with Crippen molar-refractivity contribution in [3.05, 3.63) is 29.3 Å². The van der Waals surface area contributed by atoms with Crippen molar-refractivity contribution in [2.24, 2.45) is 0 Å². The quantitative estimate of drug-likeness (QED) is 0.794. The zero-order valence-electron chi connectivity index (χ0n) is 10.3. The van der Waals surface area contributed by atoms with E-state index in [4.69, 9.17) is 4.74 Å². The van der Waals surface area contributed by atoms with E-state index in [1.807, 2.05) is 19.1 Å². The highest BCUT2D eigenvalue weighted by Crippen LogP contribution is 2.21. The molecule has 0 aliphatic heterocycles. The Labute approximate surface area is 96.8 Å². The topological polar surface area (TPSA) is 38.3 Å². The summed E-state index contributed by atoms with van der Waals surface area (Å²) in [5.74, 6) is -0.245. The first kappa shape index (κ1) is 12.6. The molecule has 1 N–H and O–H groups in total. The van der Waals surface area contributed by atoms with Gasteiger partial charge in [0.05, 0.1) is 7.11 Å². The van der Waals surface area contributed by atoms with Crippen LogP contribution in [0.4, 0.5) is 5.69 Å². The number of esters is 1. The molecule has 0 radical (unpaired) electrons. The summed E-state index contributed by atoms with van der Waals surface area (Å²) < 4.78 is 4.70. The van der Waals surface area contributed by atoms with Gasteiger partial charge in [-0.25, -0.2) is 4.79 Å². The summed E-state index contributed by atoms with van der Waals surface area (Å²) in [6.45, 7) is 5.94. The highest BCUT2D eigenvalue weighted by atomic mass is 16.5. The number of aryl methyl sites for hydroxylation is 2. The molecule has 0 spiro atoms. The molecule has 16 heavy (non-hydrogen) atoms. The molecule has 1 atom stereocenters. The summed E-state index contributed by atoms with van der Waals surface area (Å²) in [7, 11) is 1.40. The number of methoxy groups -OCH3 is 1. The molecule has 0 bridgehead atoms. The van der Waals surface area contributed by atoms with Gasteiger partial charge in [-0.15, -0.1) is 0 Å². The van der Waals surface area contributed by atoms with Gasteiger partial charge in [-0.05, 0) is 31.4 Å². The third-order valence-electron chi connectivity index (χ3n) is 2.66. The van der Waals surface area contributed by atoms with Crippen LogP contribution in [0.2, 0.25) is 0 Å². The van der Waals surface area contributed by atoms with Gasteiger partial charge in [0.15, 0.2) is 0 Å². The van der Waals surface area contributed by atoms with Gasteiger partial charge in [0.25, 0.3) is 0 Å². The minimum atomic E-state index is -0.323. The highest BCUT2D eigenvalue weighted by Gasteiger charge is 2.14. The van der Waals surface area contributed by atoms with Crippen LogP contribution in [0.15, 0.2) is 18.2 Å². The lowest BCUT2D eigenvalue weighted by Gasteiger charge is -2.18. The smallest absolute Gasteiger partial charge is 0.327 e. The molecule has 0 unspecified atom stereocenters. The molecular weight excluding hydrogens is 202 g/mol. The Hall–Kier alpha value is -1.51. The lowest BCUT2D eigenvalue weighted by molar-refractivity contribution is -0.141. The van der Waals surface area contributed by atoms with Gasteiger partial charge in [-0.2, -0.15) is 0 Å². The number of rotatable bonds is 4. The first-order valence-electron chi connectivity index (χ1n) is 5.53. The fourth-order valence-corrected chi connectivity index (χ4v) is 1.68. The first-order valence-corrected chi connectivity index (χ1v) is 5.53. The minimum absolute atomic E-state index is 0.245. The lowest BCUT2D eigenvalue weighted by Crippen LogP contribution is -2.28. The summed E-state index contributed by atoms with van der Waals surface area (Å²) in [5.41, 5.74) is 3.41. The largest absolute Gasteiger partial charge is 0.467 e. The summed E-state index contributed by atoms with van der Waals surface area (Å²) in [4.78, 5) is 11.3. The molecule has 0 fully saturated rings. The normalized spacial score (nSPS) is 12.0. The second-order valence-electron chi connectivity index (χ2n) is 3.85. The number of hydrogen-bond donors (Lipinski definition) is 1. The first-order chi connectivity index (χ1) is 7.60. The average molecular weight is 221 g/mol. The predicted octanol–water partition coefficient (Wildman–Crippen LogP) is 2.53. The van der Waals surface area contributed by atoms with E-state index in [2.05, 4.69) is 18.3 Å². The molecule has 3 nitrogen and oxygen atoms in total.